The van der Waals surface area contributed by atoms with E-state index < -0.39 is 0 Å². The van der Waals surface area contributed by atoms with Crippen molar-refractivity contribution in [1.29, 1.82) is 0 Å². The molecule has 1 atom stereocenters. The zero-order chi connectivity index (χ0) is 21.3. The fourth-order valence-corrected chi connectivity index (χ4v) is 5.84. The minimum Gasteiger partial charge on any atom is -0.342 e. The highest BCUT2D eigenvalue weighted by molar-refractivity contribution is 5.94. The van der Waals surface area contributed by atoms with E-state index in [9.17, 15) is 9.59 Å². The fraction of sp³-hybridized carbons (Fsp3) is 0.792. The average Bonchev–Trinajstić information content (AvgIpc) is 3.30. The van der Waals surface area contributed by atoms with Gasteiger partial charge in [0.25, 0.3) is 5.91 Å². The Bertz CT molecular complexity index is 780. The maximum atomic E-state index is 13.5. The van der Waals surface area contributed by atoms with Crippen molar-refractivity contribution in [2.24, 2.45) is 24.3 Å². The van der Waals surface area contributed by atoms with Crippen LogP contribution in [0.1, 0.15) is 81.4 Å². The highest BCUT2D eigenvalue weighted by Crippen LogP contribution is 2.41. The summed E-state index contributed by atoms with van der Waals surface area (Å²) in [6.45, 7) is 7.38. The summed E-state index contributed by atoms with van der Waals surface area (Å²) in [6.07, 6.45) is 10.1. The van der Waals surface area contributed by atoms with Crippen molar-refractivity contribution >= 4 is 11.8 Å². The molecular weight excluding hydrogens is 376 g/mol. The molecule has 3 fully saturated rings. The first-order chi connectivity index (χ1) is 14.4. The van der Waals surface area contributed by atoms with Crippen LogP contribution in [0.5, 0.6) is 0 Å². The van der Waals surface area contributed by atoms with Crippen LogP contribution in [0.4, 0.5) is 0 Å². The Labute approximate surface area is 181 Å². The second-order valence-corrected chi connectivity index (χ2v) is 10.4. The van der Waals surface area contributed by atoms with E-state index in [0.717, 1.165) is 44.5 Å². The smallest absolute Gasteiger partial charge is 0.272 e. The van der Waals surface area contributed by atoms with Gasteiger partial charge >= 0.3 is 0 Å². The van der Waals surface area contributed by atoms with E-state index in [1.165, 1.54) is 32.1 Å². The summed E-state index contributed by atoms with van der Waals surface area (Å²) in [4.78, 5) is 30.8. The van der Waals surface area contributed by atoms with E-state index in [1.54, 1.807) is 4.68 Å². The van der Waals surface area contributed by atoms with Gasteiger partial charge in [-0.2, -0.15) is 5.10 Å². The first-order valence-corrected chi connectivity index (χ1v) is 12.0. The number of rotatable bonds is 5. The highest BCUT2D eigenvalue weighted by atomic mass is 16.2. The maximum absolute atomic E-state index is 13.5. The highest BCUT2D eigenvalue weighted by Gasteiger charge is 2.49. The van der Waals surface area contributed by atoms with Crippen LogP contribution >= 0.6 is 0 Å². The zero-order valence-corrected chi connectivity index (χ0v) is 19.0. The fourth-order valence-electron chi connectivity index (χ4n) is 5.84. The van der Waals surface area contributed by atoms with Gasteiger partial charge in [-0.05, 0) is 56.4 Å². The lowest BCUT2D eigenvalue weighted by Gasteiger charge is -2.41. The lowest BCUT2D eigenvalue weighted by atomic mass is 9.77. The molecule has 2 saturated heterocycles. The van der Waals surface area contributed by atoms with Gasteiger partial charge in [0.05, 0.1) is 11.1 Å². The van der Waals surface area contributed by atoms with Crippen LogP contribution < -0.4 is 0 Å². The second kappa shape index (κ2) is 8.72. The number of hydrogen-bond acceptors (Lipinski definition) is 3. The standard InChI is InChI=1S/C24H38N4O2/c1-18(2)14-20-15-21(26(3)25-20)22(29)28-13-11-24(17-28)10-7-12-27(23(24)30)16-19-8-5-4-6-9-19/h15,18-19H,4-14,16-17H2,1-3H3. The monoisotopic (exact) mass is 414 g/mol. The molecule has 0 aromatic carbocycles. The molecule has 0 radical (unpaired) electrons. The SMILES string of the molecule is CC(C)Cc1cc(C(=O)N2CCC3(CCCN(CC4CCCCC4)C3=O)C2)n(C)n1. The molecule has 6 nitrogen and oxygen atoms in total. The van der Waals surface area contributed by atoms with Crippen LogP contribution in [0.15, 0.2) is 6.07 Å². The third-order valence-electron chi connectivity index (χ3n) is 7.44. The van der Waals surface area contributed by atoms with Gasteiger partial charge in [0, 0.05) is 33.2 Å². The Balaban J connectivity index is 1.42. The second-order valence-electron chi connectivity index (χ2n) is 10.4. The number of carbonyl (C=O) groups is 2. The normalized spacial score (nSPS) is 25.7. The molecule has 30 heavy (non-hydrogen) atoms. The van der Waals surface area contributed by atoms with Crippen molar-refractivity contribution in [3.8, 4) is 0 Å². The van der Waals surface area contributed by atoms with Crippen LogP contribution in [0, 0.1) is 17.3 Å². The number of aromatic nitrogens is 2. The number of aryl methyl sites for hydroxylation is 1. The molecule has 0 N–H and O–H groups in total. The quantitative estimate of drug-likeness (QED) is 0.739. The van der Waals surface area contributed by atoms with E-state index in [4.69, 9.17) is 0 Å². The van der Waals surface area contributed by atoms with Crippen molar-refractivity contribution in [3.63, 3.8) is 0 Å². The topological polar surface area (TPSA) is 58.4 Å². The molecule has 6 heteroatoms. The Morgan fingerprint density at radius 2 is 1.93 bits per heavy atom. The molecule has 1 aromatic heterocycles. The lowest BCUT2D eigenvalue weighted by Crippen LogP contribution is -2.51. The van der Waals surface area contributed by atoms with Crippen molar-refractivity contribution in [2.75, 3.05) is 26.2 Å². The van der Waals surface area contributed by atoms with Crippen molar-refractivity contribution < 1.29 is 9.59 Å². The predicted molar refractivity (Wildman–Crippen MR) is 117 cm³/mol. The first kappa shape index (κ1) is 21.4. The largest absolute Gasteiger partial charge is 0.342 e. The molecule has 3 aliphatic rings. The molecule has 1 unspecified atom stereocenters. The average molecular weight is 415 g/mol. The van der Waals surface area contributed by atoms with Gasteiger partial charge in [-0.1, -0.05) is 33.1 Å². The van der Waals surface area contributed by atoms with Crippen LogP contribution in [0.2, 0.25) is 0 Å². The minimum atomic E-state index is -0.359. The predicted octanol–water partition coefficient (Wildman–Crippen LogP) is 3.65. The molecule has 2 amide bonds. The van der Waals surface area contributed by atoms with Crippen LogP contribution in [-0.2, 0) is 18.3 Å². The van der Waals surface area contributed by atoms with Gasteiger partial charge in [-0.15, -0.1) is 0 Å². The maximum Gasteiger partial charge on any atom is 0.272 e. The summed E-state index contributed by atoms with van der Waals surface area (Å²) in [5.74, 6) is 1.51. The summed E-state index contributed by atoms with van der Waals surface area (Å²) in [5.41, 5.74) is 1.25. The number of hydrogen-bond donors (Lipinski definition) is 0. The summed E-state index contributed by atoms with van der Waals surface area (Å²) >= 11 is 0. The number of carbonyl (C=O) groups excluding carboxylic acids is 2. The summed E-state index contributed by atoms with van der Waals surface area (Å²) in [5, 5.41) is 4.53. The molecule has 1 aromatic rings. The summed E-state index contributed by atoms with van der Waals surface area (Å²) < 4.78 is 1.71. The lowest BCUT2D eigenvalue weighted by molar-refractivity contribution is -0.146. The molecule has 1 aliphatic carbocycles. The van der Waals surface area contributed by atoms with E-state index in [2.05, 4.69) is 23.8 Å². The zero-order valence-electron chi connectivity index (χ0n) is 19.0. The van der Waals surface area contributed by atoms with Crippen molar-refractivity contribution in [3.05, 3.63) is 17.5 Å². The Hall–Kier alpha value is -1.85. The van der Waals surface area contributed by atoms with Gasteiger partial charge in [-0.25, -0.2) is 0 Å². The Morgan fingerprint density at radius 1 is 1.17 bits per heavy atom. The van der Waals surface area contributed by atoms with Gasteiger partial charge in [0.1, 0.15) is 5.69 Å². The van der Waals surface area contributed by atoms with Gasteiger partial charge in [0.15, 0.2) is 0 Å². The van der Waals surface area contributed by atoms with Crippen molar-refractivity contribution in [2.45, 2.75) is 71.6 Å². The molecule has 4 rings (SSSR count). The molecule has 3 heterocycles. The van der Waals surface area contributed by atoms with Crippen LogP contribution in [0.25, 0.3) is 0 Å². The molecular formula is C24H38N4O2. The molecule has 0 bridgehead atoms. The number of nitrogens with zero attached hydrogens (tertiary/aromatic N) is 4. The van der Waals surface area contributed by atoms with E-state index in [1.807, 2.05) is 18.0 Å². The van der Waals surface area contributed by atoms with E-state index >= 15 is 0 Å². The Morgan fingerprint density at radius 3 is 2.67 bits per heavy atom. The number of amides is 2. The molecule has 1 saturated carbocycles. The van der Waals surface area contributed by atoms with Crippen LogP contribution in [-0.4, -0.2) is 57.6 Å². The van der Waals surface area contributed by atoms with Crippen LogP contribution in [0.3, 0.4) is 0 Å². The van der Waals surface area contributed by atoms with Gasteiger partial charge in [0.2, 0.25) is 5.91 Å². The third-order valence-corrected chi connectivity index (χ3v) is 7.44. The summed E-state index contributed by atoms with van der Waals surface area (Å²) in [7, 11) is 1.85. The number of likely N-dealkylation sites (tertiary alicyclic amines) is 2. The third kappa shape index (κ3) is 4.28. The minimum absolute atomic E-state index is 0.0223. The molecule has 1 spiro atoms. The van der Waals surface area contributed by atoms with E-state index in [-0.39, 0.29) is 11.3 Å². The van der Waals surface area contributed by atoms with Gasteiger partial charge < -0.3 is 9.80 Å². The molecule has 166 valence electrons. The Kier molecular flexibility index (Phi) is 6.21. The van der Waals surface area contributed by atoms with Crippen molar-refractivity contribution in [1.82, 2.24) is 19.6 Å². The van der Waals surface area contributed by atoms with E-state index in [0.29, 0.717) is 36.5 Å². The molecule has 2 aliphatic heterocycles. The van der Waals surface area contributed by atoms with Gasteiger partial charge in [-0.3, -0.25) is 14.3 Å². The summed E-state index contributed by atoms with van der Waals surface area (Å²) in [6, 6.07) is 1.94. The number of piperidine rings is 1. The first-order valence-electron chi connectivity index (χ1n) is 12.0.